The zero-order valence-electron chi connectivity index (χ0n) is 12.3. The van der Waals surface area contributed by atoms with Crippen molar-refractivity contribution in [3.63, 3.8) is 0 Å². The highest BCUT2D eigenvalue weighted by Crippen LogP contribution is 2.24. The van der Waals surface area contributed by atoms with Crippen LogP contribution in [0.1, 0.15) is 12.8 Å². The molecule has 1 aromatic carbocycles. The van der Waals surface area contributed by atoms with Gasteiger partial charge in [0.2, 0.25) is 5.43 Å². The number of carboxylic acids is 1. The highest BCUT2D eigenvalue weighted by atomic mass is 35.5. The summed E-state index contributed by atoms with van der Waals surface area (Å²) in [6.07, 6.45) is 0.796. The van der Waals surface area contributed by atoms with Crippen LogP contribution in [0.25, 0.3) is 22.5 Å². The summed E-state index contributed by atoms with van der Waals surface area (Å²) in [5.74, 6) is -1.41. The predicted molar refractivity (Wildman–Crippen MR) is 87.8 cm³/mol. The summed E-state index contributed by atoms with van der Waals surface area (Å²) in [5, 5.41) is 23.2. The zero-order chi connectivity index (χ0) is 17.3. The van der Waals surface area contributed by atoms with Gasteiger partial charge in [0.15, 0.2) is 11.0 Å². The molecule has 0 radical (unpaired) electrons. The average molecular weight is 346 g/mol. The van der Waals surface area contributed by atoms with E-state index in [0.717, 1.165) is 0 Å². The number of hydrogen-bond acceptors (Lipinski definition) is 5. The maximum Gasteiger partial charge on any atom is 0.303 e. The molecule has 2 heterocycles. The third-order valence-corrected chi connectivity index (χ3v) is 3.73. The smallest absolute Gasteiger partial charge is 0.303 e. The van der Waals surface area contributed by atoms with Crippen molar-refractivity contribution in [2.75, 3.05) is 0 Å². The molecule has 0 bridgehead atoms. The standard InChI is InChI=1S/C16H12ClN3O4/c17-10-3-1-2-9(6-10)11-7-13(22)15(12(21)4-5-14(23)24)20-16(11)18-8-19-20/h1-3,6-8,21H,4-5H2,(H,23,24). The Balaban J connectivity index is 2.26. The molecule has 8 heteroatoms. The lowest BCUT2D eigenvalue weighted by atomic mass is 10.1. The molecule has 0 amide bonds. The van der Waals surface area contributed by atoms with Gasteiger partial charge in [-0.05, 0) is 23.8 Å². The minimum Gasteiger partial charge on any atom is -0.510 e. The van der Waals surface area contributed by atoms with Gasteiger partial charge < -0.3 is 10.2 Å². The fraction of sp³-hybridized carbons (Fsp3) is 0.125. The lowest BCUT2D eigenvalue weighted by Gasteiger charge is -2.05. The fourth-order valence-electron chi connectivity index (χ4n) is 2.43. The van der Waals surface area contributed by atoms with Crippen LogP contribution in [0.3, 0.4) is 0 Å². The average Bonchev–Trinajstić information content (AvgIpc) is 3.01. The van der Waals surface area contributed by atoms with E-state index in [-0.39, 0.29) is 23.9 Å². The first kappa shape index (κ1) is 15.9. The van der Waals surface area contributed by atoms with Crippen LogP contribution in [0, 0.1) is 0 Å². The van der Waals surface area contributed by atoms with Crippen molar-refractivity contribution < 1.29 is 15.0 Å². The second-order valence-electron chi connectivity index (χ2n) is 5.12. The fourth-order valence-corrected chi connectivity index (χ4v) is 2.62. The van der Waals surface area contributed by atoms with Crippen LogP contribution in [-0.4, -0.2) is 30.8 Å². The minimum atomic E-state index is -1.07. The maximum absolute atomic E-state index is 12.4. The third-order valence-electron chi connectivity index (χ3n) is 3.49. The van der Waals surface area contributed by atoms with Crippen molar-refractivity contribution in [2.45, 2.75) is 12.8 Å². The number of fused-ring (bicyclic) bond motifs is 1. The Bertz CT molecular complexity index is 1050. The number of pyridine rings is 1. The number of aromatic nitrogens is 3. The van der Waals surface area contributed by atoms with Crippen LogP contribution >= 0.6 is 11.6 Å². The number of carbonyl (C=O) groups is 1. The monoisotopic (exact) mass is 345 g/mol. The van der Waals surface area contributed by atoms with Gasteiger partial charge in [-0.2, -0.15) is 5.10 Å². The van der Waals surface area contributed by atoms with E-state index < -0.39 is 11.4 Å². The first-order valence-corrected chi connectivity index (χ1v) is 7.42. The molecule has 0 saturated carbocycles. The Morgan fingerprint density at radius 3 is 2.71 bits per heavy atom. The molecule has 0 aliphatic carbocycles. The largest absolute Gasteiger partial charge is 0.510 e. The van der Waals surface area contributed by atoms with Gasteiger partial charge >= 0.3 is 5.97 Å². The van der Waals surface area contributed by atoms with E-state index in [2.05, 4.69) is 10.1 Å². The summed E-state index contributed by atoms with van der Waals surface area (Å²) in [4.78, 5) is 27.2. The van der Waals surface area contributed by atoms with E-state index in [4.69, 9.17) is 16.7 Å². The second-order valence-corrected chi connectivity index (χ2v) is 5.55. The Morgan fingerprint density at radius 1 is 1.21 bits per heavy atom. The van der Waals surface area contributed by atoms with E-state index in [9.17, 15) is 14.7 Å². The van der Waals surface area contributed by atoms with Gasteiger partial charge in [0.25, 0.3) is 0 Å². The van der Waals surface area contributed by atoms with Crippen molar-refractivity contribution in [3.05, 3.63) is 57.3 Å². The molecule has 3 rings (SSSR count). The summed E-state index contributed by atoms with van der Waals surface area (Å²) < 4.78 is 1.22. The van der Waals surface area contributed by atoms with Crippen molar-refractivity contribution in [1.29, 1.82) is 0 Å². The molecule has 3 aromatic rings. The molecule has 0 aliphatic rings. The van der Waals surface area contributed by atoms with Gasteiger partial charge in [-0.3, -0.25) is 9.59 Å². The molecule has 0 aliphatic heterocycles. The second kappa shape index (κ2) is 6.29. The number of hydrogen-bond donors (Lipinski definition) is 2. The third kappa shape index (κ3) is 2.93. The topological polar surface area (TPSA) is 105 Å². The van der Waals surface area contributed by atoms with Crippen LogP contribution in [0.5, 0.6) is 0 Å². The molecular formula is C16H12ClN3O4. The number of rotatable bonds is 4. The number of aliphatic hydroxyl groups excluding tert-OH is 1. The van der Waals surface area contributed by atoms with E-state index in [1.165, 1.54) is 16.9 Å². The molecule has 2 N–H and O–H groups in total. The normalized spacial score (nSPS) is 12.4. The van der Waals surface area contributed by atoms with Gasteiger partial charge in [0, 0.05) is 17.0 Å². The summed E-state index contributed by atoms with van der Waals surface area (Å²) in [6, 6.07) is 8.27. The van der Waals surface area contributed by atoms with Gasteiger partial charge in [0.1, 0.15) is 12.1 Å². The van der Waals surface area contributed by atoms with Crippen molar-refractivity contribution in [3.8, 4) is 11.1 Å². The van der Waals surface area contributed by atoms with Crippen LogP contribution in [0.2, 0.25) is 5.02 Å². The van der Waals surface area contributed by atoms with Gasteiger partial charge in [-0.1, -0.05) is 23.7 Å². The number of aliphatic hydroxyl groups is 1. The quantitative estimate of drug-likeness (QED) is 0.745. The number of carboxylic acid groups (broad SMARTS) is 1. The van der Waals surface area contributed by atoms with E-state index >= 15 is 0 Å². The van der Waals surface area contributed by atoms with Crippen molar-refractivity contribution >= 4 is 29.0 Å². The predicted octanol–water partition coefficient (Wildman–Crippen LogP) is 1.66. The summed E-state index contributed by atoms with van der Waals surface area (Å²) in [5.41, 5.74) is 1.10. The first-order valence-electron chi connectivity index (χ1n) is 7.04. The lowest BCUT2D eigenvalue weighted by Crippen LogP contribution is -2.34. The van der Waals surface area contributed by atoms with E-state index in [0.29, 0.717) is 21.8 Å². The Kier molecular flexibility index (Phi) is 4.18. The molecule has 0 fully saturated rings. The van der Waals surface area contributed by atoms with Crippen LogP contribution < -0.4 is 10.8 Å². The molecule has 24 heavy (non-hydrogen) atoms. The van der Waals surface area contributed by atoms with Crippen molar-refractivity contribution in [2.24, 2.45) is 0 Å². The molecule has 0 unspecified atom stereocenters. The van der Waals surface area contributed by atoms with Crippen LogP contribution in [0.4, 0.5) is 0 Å². The Labute approximate surface area is 140 Å². The number of halogens is 1. The highest BCUT2D eigenvalue weighted by Gasteiger charge is 2.14. The summed E-state index contributed by atoms with van der Waals surface area (Å²) in [6.45, 7) is 0. The molecule has 122 valence electrons. The molecule has 2 aromatic heterocycles. The van der Waals surface area contributed by atoms with Gasteiger partial charge in [0.05, 0.1) is 6.42 Å². The minimum absolute atomic E-state index is 0.0884. The molecule has 0 saturated heterocycles. The SMILES string of the molecule is O=C(O)CCC(O)=c1c(=O)cc(-c2cccc(Cl)c2)c2ncnn12. The lowest BCUT2D eigenvalue weighted by molar-refractivity contribution is -0.136. The van der Waals surface area contributed by atoms with Gasteiger partial charge in [-0.25, -0.2) is 9.50 Å². The highest BCUT2D eigenvalue weighted by molar-refractivity contribution is 6.30. The Morgan fingerprint density at radius 2 is 2.00 bits per heavy atom. The molecular weight excluding hydrogens is 334 g/mol. The Hall–Kier alpha value is -2.93. The molecule has 0 atom stereocenters. The summed E-state index contributed by atoms with van der Waals surface area (Å²) in [7, 11) is 0. The van der Waals surface area contributed by atoms with Gasteiger partial charge in [-0.15, -0.1) is 0 Å². The van der Waals surface area contributed by atoms with Crippen LogP contribution in [0.15, 0.2) is 41.5 Å². The number of benzene rings is 1. The number of aliphatic carboxylic acids is 1. The summed E-state index contributed by atoms with van der Waals surface area (Å²) >= 11 is 5.99. The first-order chi connectivity index (χ1) is 11.5. The maximum atomic E-state index is 12.4. The van der Waals surface area contributed by atoms with E-state index in [1.807, 2.05) is 0 Å². The zero-order valence-corrected chi connectivity index (χ0v) is 13.1. The molecule has 0 spiro atoms. The van der Waals surface area contributed by atoms with E-state index in [1.54, 1.807) is 24.3 Å². The van der Waals surface area contributed by atoms with Crippen molar-refractivity contribution in [1.82, 2.24) is 14.6 Å². The van der Waals surface area contributed by atoms with Crippen LogP contribution in [-0.2, 0) is 4.79 Å². The molecule has 7 nitrogen and oxygen atoms in total. The number of nitrogens with zero attached hydrogens (tertiary/aromatic N) is 3.